The third kappa shape index (κ3) is 4.48. The highest BCUT2D eigenvalue weighted by molar-refractivity contribution is 9.09. The molecular weight excluding hydrogens is 328 g/mol. The number of carbonyl (C=O) groups is 1. The second-order valence-corrected chi connectivity index (χ2v) is 5.23. The molecule has 1 rings (SSSR count). The first kappa shape index (κ1) is 16.4. The summed E-state index contributed by atoms with van der Waals surface area (Å²) >= 11 is 3.34. The molecule has 0 radical (unpaired) electrons. The van der Waals surface area contributed by atoms with E-state index in [1.165, 1.54) is 25.3 Å². The topological polar surface area (TPSA) is 81.5 Å². The van der Waals surface area contributed by atoms with Crippen LogP contribution >= 0.6 is 15.9 Å². The Balaban J connectivity index is 2.78. The summed E-state index contributed by atoms with van der Waals surface area (Å²) in [5.74, 6) is 0.156. The Labute approximate surface area is 125 Å². The Morgan fingerprint density at radius 3 is 2.80 bits per heavy atom. The summed E-state index contributed by atoms with van der Waals surface area (Å²) in [7, 11) is 1.35. The second kappa shape index (κ2) is 7.84. The minimum absolute atomic E-state index is 0.138. The van der Waals surface area contributed by atoms with Gasteiger partial charge in [0.25, 0.3) is 5.91 Å². The summed E-state index contributed by atoms with van der Waals surface area (Å²) in [6.07, 6.45) is 0.947. The number of nitro benzene ring substituents is 1. The number of rotatable bonds is 7. The molecule has 0 aliphatic rings. The Bertz CT molecular complexity index is 493. The molecule has 1 atom stereocenters. The lowest BCUT2D eigenvalue weighted by atomic mass is 10.1. The fourth-order valence-corrected chi connectivity index (χ4v) is 2.41. The van der Waals surface area contributed by atoms with Gasteiger partial charge in [0.15, 0.2) is 5.75 Å². The monoisotopic (exact) mass is 344 g/mol. The summed E-state index contributed by atoms with van der Waals surface area (Å²) in [5.41, 5.74) is 0.0391. The van der Waals surface area contributed by atoms with Crippen LogP contribution in [-0.4, -0.2) is 29.8 Å². The number of benzene rings is 1. The summed E-state index contributed by atoms with van der Waals surface area (Å²) in [6.45, 7) is 2.56. The van der Waals surface area contributed by atoms with Gasteiger partial charge in [-0.05, 0) is 24.5 Å². The van der Waals surface area contributed by atoms with Gasteiger partial charge in [-0.1, -0.05) is 22.9 Å². The number of halogens is 1. The molecule has 7 heteroatoms. The molecule has 0 fully saturated rings. The van der Waals surface area contributed by atoms with Crippen molar-refractivity contribution >= 4 is 27.5 Å². The van der Waals surface area contributed by atoms with E-state index in [0.717, 1.165) is 11.8 Å². The van der Waals surface area contributed by atoms with Crippen LogP contribution in [0.15, 0.2) is 18.2 Å². The highest BCUT2D eigenvalue weighted by Gasteiger charge is 2.18. The van der Waals surface area contributed by atoms with E-state index in [9.17, 15) is 14.9 Å². The summed E-state index contributed by atoms with van der Waals surface area (Å²) < 4.78 is 4.89. The largest absolute Gasteiger partial charge is 0.490 e. The van der Waals surface area contributed by atoms with Gasteiger partial charge >= 0.3 is 5.69 Å². The second-order valence-electron chi connectivity index (χ2n) is 4.44. The maximum Gasteiger partial charge on any atom is 0.311 e. The van der Waals surface area contributed by atoms with Crippen molar-refractivity contribution in [1.29, 1.82) is 0 Å². The number of nitro groups is 1. The first-order valence-electron chi connectivity index (χ1n) is 6.16. The minimum atomic E-state index is -0.566. The van der Waals surface area contributed by atoms with E-state index >= 15 is 0 Å². The molecular formula is C13H17BrN2O4. The number of hydrogen-bond acceptors (Lipinski definition) is 4. The normalized spacial score (nSPS) is 11.8. The van der Waals surface area contributed by atoms with E-state index in [1.54, 1.807) is 0 Å². The molecule has 0 aliphatic heterocycles. The molecule has 1 aromatic rings. The van der Waals surface area contributed by atoms with Crippen LogP contribution < -0.4 is 10.1 Å². The first-order chi connectivity index (χ1) is 9.49. The number of nitrogens with zero attached hydrogens (tertiary/aromatic N) is 1. The van der Waals surface area contributed by atoms with Crippen molar-refractivity contribution in [2.45, 2.75) is 13.3 Å². The number of nitrogens with one attached hydrogen (secondary N) is 1. The van der Waals surface area contributed by atoms with E-state index in [2.05, 4.69) is 21.2 Å². The molecule has 110 valence electrons. The van der Waals surface area contributed by atoms with Crippen LogP contribution in [0.5, 0.6) is 5.75 Å². The quantitative estimate of drug-likeness (QED) is 0.468. The average molecular weight is 345 g/mol. The van der Waals surface area contributed by atoms with Gasteiger partial charge in [0.05, 0.1) is 12.0 Å². The number of methoxy groups -OCH3 is 1. The molecule has 0 aromatic heterocycles. The molecule has 20 heavy (non-hydrogen) atoms. The predicted molar refractivity (Wildman–Crippen MR) is 79.6 cm³/mol. The molecule has 1 N–H and O–H groups in total. The smallest absolute Gasteiger partial charge is 0.311 e. The van der Waals surface area contributed by atoms with Crippen molar-refractivity contribution < 1.29 is 14.5 Å². The molecule has 0 saturated carbocycles. The standard InChI is InChI=1S/C13H17BrN2O4/c1-9(5-6-14)8-15-13(17)10-3-4-12(20-2)11(7-10)16(18)19/h3-4,7,9H,5-6,8H2,1-2H3,(H,15,17). The van der Waals surface area contributed by atoms with Crippen molar-refractivity contribution in [2.75, 3.05) is 19.0 Å². The van der Waals surface area contributed by atoms with Crippen LogP contribution in [0.2, 0.25) is 0 Å². The highest BCUT2D eigenvalue weighted by Crippen LogP contribution is 2.27. The number of alkyl halides is 1. The van der Waals surface area contributed by atoms with Gasteiger partial charge in [0.2, 0.25) is 0 Å². The zero-order chi connectivity index (χ0) is 15.1. The van der Waals surface area contributed by atoms with Crippen LogP contribution in [0.25, 0.3) is 0 Å². The van der Waals surface area contributed by atoms with E-state index in [-0.39, 0.29) is 22.9 Å². The number of hydrogen-bond donors (Lipinski definition) is 1. The van der Waals surface area contributed by atoms with Crippen LogP contribution in [-0.2, 0) is 0 Å². The van der Waals surface area contributed by atoms with Crippen LogP contribution in [0, 0.1) is 16.0 Å². The SMILES string of the molecule is COc1ccc(C(=O)NCC(C)CCBr)cc1[N+](=O)[O-]. The lowest BCUT2D eigenvalue weighted by Crippen LogP contribution is -2.28. The summed E-state index contributed by atoms with van der Waals surface area (Å²) in [6, 6.07) is 4.16. The Morgan fingerprint density at radius 1 is 1.55 bits per heavy atom. The summed E-state index contributed by atoms with van der Waals surface area (Å²) in [5, 5.41) is 14.5. The van der Waals surface area contributed by atoms with Gasteiger partial charge in [-0.3, -0.25) is 14.9 Å². The van der Waals surface area contributed by atoms with Crippen molar-refractivity contribution in [2.24, 2.45) is 5.92 Å². The Hall–Kier alpha value is -1.63. The van der Waals surface area contributed by atoms with Crippen LogP contribution in [0.1, 0.15) is 23.7 Å². The lowest BCUT2D eigenvalue weighted by molar-refractivity contribution is -0.385. The van der Waals surface area contributed by atoms with Gasteiger partial charge in [-0.25, -0.2) is 0 Å². The Kier molecular flexibility index (Phi) is 6.44. The molecule has 1 unspecified atom stereocenters. The van der Waals surface area contributed by atoms with E-state index < -0.39 is 4.92 Å². The van der Waals surface area contributed by atoms with Gasteiger partial charge < -0.3 is 10.1 Å². The van der Waals surface area contributed by atoms with E-state index in [4.69, 9.17) is 4.74 Å². The van der Waals surface area contributed by atoms with Crippen molar-refractivity contribution in [3.63, 3.8) is 0 Å². The van der Waals surface area contributed by atoms with Gasteiger partial charge in [-0.15, -0.1) is 0 Å². The fraction of sp³-hybridized carbons (Fsp3) is 0.462. The Morgan fingerprint density at radius 2 is 2.25 bits per heavy atom. The number of carbonyl (C=O) groups excluding carboxylic acids is 1. The first-order valence-corrected chi connectivity index (χ1v) is 7.28. The van der Waals surface area contributed by atoms with E-state index in [1.807, 2.05) is 6.92 Å². The van der Waals surface area contributed by atoms with Gasteiger partial charge in [0, 0.05) is 23.5 Å². The van der Waals surface area contributed by atoms with Crippen LogP contribution in [0.4, 0.5) is 5.69 Å². The van der Waals surface area contributed by atoms with Gasteiger partial charge in [0.1, 0.15) is 0 Å². The fourth-order valence-electron chi connectivity index (χ4n) is 1.63. The molecule has 6 nitrogen and oxygen atoms in total. The lowest BCUT2D eigenvalue weighted by Gasteiger charge is -2.11. The molecule has 0 spiro atoms. The molecule has 0 saturated heterocycles. The van der Waals surface area contributed by atoms with Crippen LogP contribution in [0.3, 0.4) is 0 Å². The molecule has 1 amide bonds. The third-order valence-corrected chi connectivity index (χ3v) is 3.31. The minimum Gasteiger partial charge on any atom is -0.490 e. The average Bonchev–Trinajstić information content (AvgIpc) is 2.44. The number of amides is 1. The molecule has 1 aromatic carbocycles. The summed E-state index contributed by atoms with van der Waals surface area (Å²) in [4.78, 5) is 22.3. The molecule has 0 heterocycles. The maximum atomic E-state index is 11.9. The van der Waals surface area contributed by atoms with Crippen molar-refractivity contribution in [3.8, 4) is 5.75 Å². The highest BCUT2D eigenvalue weighted by atomic mass is 79.9. The maximum absolute atomic E-state index is 11.9. The zero-order valence-corrected chi connectivity index (χ0v) is 13.0. The van der Waals surface area contributed by atoms with Gasteiger partial charge in [-0.2, -0.15) is 0 Å². The number of ether oxygens (including phenoxy) is 1. The zero-order valence-electron chi connectivity index (χ0n) is 11.4. The van der Waals surface area contributed by atoms with E-state index in [0.29, 0.717) is 12.5 Å². The third-order valence-electron chi connectivity index (χ3n) is 2.85. The molecule has 0 aliphatic carbocycles. The predicted octanol–water partition coefficient (Wildman–Crippen LogP) is 2.75. The van der Waals surface area contributed by atoms with Crippen molar-refractivity contribution in [1.82, 2.24) is 5.32 Å². The molecule has 0 bridgehead atoms. The van der Waals surface area contributed by atoms with Crippen molar-refractivity contribution in [3.05, 3.63) is 33.9 Å².